The second-order valence-electron chi connectivity index (χ2n) is 4.99. The first-order valence-corrected chi connectivity index (χ1v) is 9.72. The van der Waals surface area contributed by atoms with Gasteiger partial charge in [-0.15, -0.1) is 11.3 Å². The van der Waals surface area contributed by atoms with E-state index in [1.165, 1.54) is 21.2 Å². The first-order valence-electron chi connectivity index (χ1n) is 8.91. The van der Waals surface area contributed by atoms with Crippen LogP contribution in [0.25, 0.3) is 44.3 Å². The number of hydrogen-bond acceptors (Lipinski definition) is 2. The normalized spacial score (nSPS) is 10.6. The molecule has 1 aromatic carbocycles. The van der Waals surface area contributed by atoms with Crippen molar-refractivity contribution < 1.29 is 0 Å². The molecule has 0 fully saturated rings. The maximum atomic E-state index is 4.88. The summed E-state index contributed by atoms with van der Waals surface area (Å²) in [6.07, 6.45) is 6.10. The van der Waals surface area contributed by atoms with E-state index in [-0.39, 0.29) is 0 Å². The molecule has 25 heavy (non-hydrogen) atoms. The molecule has 4 rings (SSSR count). The first-order chi connectivity index (χ1) is 12.3. The smallest absolute Gasteiger partial charge is 0.125 e. The number of benzene rings is 1. The van der Waals surface area contributed by atoms with Crippen LogP contribution in [-0.2, 0) is 0 Å². The fourth-order valence-corrected chi connectivity index (χ4v) is 3.92. The molecule has 0 aliphatic heterocycles. The number of aromatic nitrogens is 2. The van der Waals surface area contributed by atoms with Gasteiger partial charge in [-0.2, -0.15) is 0 Å². The van der Waals surface area contributed by atoms with E-state index < -0.39 is 0 Å². The lowest BCUT2D eigenvalue weighted by molar-refractivity contribution is 1.50. The van der Waals surface area contributed by atoms with Gasteiger partial charge in [-0.05, 0) is 25.1 Å². The Kier molecular flexibility index (Phi) is 6.54. The van der Waals surface area contributed by atoms with Crippen LogP contribution in [-0.4, -0.2) is 9.97 Å². The Bertz CT molecular complexity index is 1020. The Balaban J connectivity index is 0.000000528. The van der Waals surface area contributed by atoms with Crippen LogP contribution in [0, 0.1) is 0 Å². The molecule has 3 heteroatoms. The Morgan fingerprint density at radius 2 is 1.76 bits per heavy atom. The van der Waals surface area contributed by atoms with E-state index in [2.05, 4.69) is 48.0 Å². The summed E-state index contributed by atoms with van der Waals surface area (Å²) in [5.41, 5.74) is 4.42. The molecule has 0 amide bonds. The number of aromatic amines is 1. The maximum absolute atomic E-state index is 4.88. The van der Waals surface area contributed by atoms with Crippen LogP contribution >= 0.6 is 11.3 Å². The third-order valence-corrected chi connectivity index (χ3v) is 4.80. The highest BCUT2D eigenvalue weighted by Crippen LogP contribution is 2.35. The van der Waals surface area contributed by atoms with Gasteiger partial charge in [0.15, 0.2) is 0 Å². The largest absolute Gasteiger partial charge is 0.353 e. The number of nitrogens with zero attached hydrogens (tertiary/aromatic N) is 1. The minimum absolute atomic E-state index is 1.04. The fraction of sp³-hybridized carbons (Fsp3) is 0.227. The van der Waals surface area contributed by atoms with Crippen LogP contribution in [0.1, 0.15) is 45.1 Å². The number of fused-ring (bicyclic) bond motifs is 4. The first kappa shape index (κ1) is 18.9. The molecule has 0 aliphatic rings. The van der Waals surface area contributed by atoms with E-state index in [1.807, 2.05) is 46.8 Å². The van der Waals surface area contributed by atoms with E-state index in [4.69, 9.17) is 4.98 Å². The lowest BCUT2D eigenvalue weighted by Gasteiger charge is -1.94. The summed E-state index contributed by atoms with van der Waals surface area (Å²) in [6.45, 7) is 14.0. The quantitative estimate of drug-likeness (QED) is 0.395. The van der Waals surface area contributed by atoms with E-state index in [0.717, 1.165) is 21.4 Å². The Labute approximate surface area is 153 Å². The molecule has 0 unspecified atom stereocenters. The van der Waals surface area contributed by atoms with Crippen LogP contribution in [0.15, 0.2) is 43.0 Å². The molecular weight excluding hydrogens is 324 g/mol. The van der Waals surface area contributed by atoms with Crippen LogP contribution < -0.4 is 0 Å². The molecule has 3 aromatic heterocycles. The van der Waals surface area contributed by atoms with Gasteiger partial charge in [-0.3, -0.25) is 0 Å². The third kappa shape index (κ3) is 3.38. The minimum Gasteiger partial charge on any atom is -0.353 e. The molecule has 0 radical (unpaired) electrons. The minimum atomic E-state index is 1.04. The monoisotopic (exact) mass is 350 g/mol. The molecule has 0 atom stereocenters. The second kappa shape index (κ2) is 8.63. The highest BCUT2D eigenvalue weighted by molar-refractivity contribution is 7.19. The Morgan fingerprint density at radius 3 is 2.44 bits per heavy atom. The molecule has 130 valence electrons. The Morgan fingerprint density at radius 1 is 1.04 bits per heavy atom. The average molecular weight is 351 g/mol. The zero-order valence-corrected chi connectivity index (χ0v) is 16.5. The molecule has 0 saturated carbocycles. The van der Waals surface area contributed by atoms with E-state index in [1.54, 1.807) is 11.3 Å². The molecule has 2 nitrogen and oxygen atoms in total. The van der Waals surface area contributed by atoms with E-state index >= 15 is 0 Å². The number of rotatable bonds is 2. The number of H-pyrrole nitrogens is 1. The molecule has 0 saturated heterocycles. The van der Waals surface area contributed by atoms with Crippen molar-refractivity contribution in [2.45, 2.75) is 34.6 Å². The van der Waals surface area contributed by atoms with Crippen molar-refractivity contribution in [3.8, 4) is 0 Å². The van der Waals surface area contributed by atoms with Gasteiger partial charge < -0.3 is 4.98 Å². The summed E-state index contributed by atoms with van der Waals surface area (Å²) < 4.78 is 0. The molecular formula is C22H26N2S. The summed E-state index contributed by atoms with van der Waals surface area (Å²) in [7, 11) is 0. The summed E-state index contributed by atoms with van der Waals surface area (Å²) >= 11 is 1.72. The number of pyridine rings is 1. The zero-order chi connectivity index (χ0) is 18.4. The van der Waals surface area contributed by atoms with Crippen molar-refractivity contribution in [3.05, 3.63) is 53.4 Å². The number of hydrogen-bond donors (Lipinski definition) is 1. The summed E-state index contributed by atoms with van der Waals surface area (Å²) in [5, 5.41) is 2.35. The number of nitrogens with one attached hydrogen (secondary N) is 1. The van der Waals surface area contributed by atoms with Gasteiger partial charge in [-0.1, -0.05) is 64.6 Å². The molecule has 3 heterocycles. The predicted octanol–water partition coefficient (Wildman–Crippen LogP) is 7.66. The predicted molar refractivity (Wildman–Crippen MR) is 116 cm³/mol. The maximum Gasteiger partial charge on any atom is 0.125 e. The van der Waals surface area contributed by atoms with Crippen molar-refractivity contribution in [3.63, 3.8) is 0 Å². The van der Waals surface area contributed by atoms with Crippen LogP contribution in [0.5, 0.6) is 0 Å². The molecule has 4 aromatic rings. The number of allylic oxidation sites excluding steroid dienone is 1. The van der Waals surface area contributed by atoms with Gasteiger partial charge in [0.2, 0.25) is 0 Å². The van der Waals surface area contributed by atoms with Gasteiger partial charge in [-0.25, -0.2) is 4.98 Å². The zero-order valence-electron chi connectivity index (χ0n) is 15.7. The molecule has 1 N–H and O–H groups in total. The lowest BCUT2D eigenvalue weighted by Crippen LogP contribution is -1.77. The molecule has 0 aliphatic carbocycles. The van der Waals surface area contributed by atoms with E-state index in [9.17, 15) is 0 Å². The molecule has 0 bridgehead atoms. The lowest BCUT2D eigenvalue weighted by atomic mass is 10.1. The van der Waals surface area contributed by atoms with Crippen LogP contribution in [0.2, 0.25) is 0 Å². The van der Waals surface area contributed by atoms with Crippen molar-refractivity contribution in [2.75, 3.05) is 0 Å². The fourth-order valence-electron chi connectivity index (χ4n) is 2.79. The number of para-hydroxylation sites is 1. The molecule has 0 spiro atoms. The highest BCUT2D eigenvalue weighted by Gasteiger charge is 2.12. The van der Waals surface area contributed by atoms with Gasteiger partial charge in [0, 0.05) is 26.7 Å². The van der Waals surface area contributed by atoms with E-state index in [0.29, 0.717) is 0 Å². The average Bonchev–Trinajstić information content (AvgIpc) is 3.20. The summed E-state index contributed by atoms with van der Waals surface area (Å²) in [5.74, 6) is 0. The Hall–Kier alpha value is -2.39. The van der Waals surface area contributed by atoms with Gasteiger partial charge in [0.25, 0.3) is 0 Å². The van der Waals surface area contributed by atoms with Crippen LogP contribution in [0.3, 0.4) is 0 Å². The van der Waals surface area contributed by atoms with Crippen molar-refractivity contribution in [1.82, 2.24) is 9.97 Å². The van der Waals surface area contributed by atoms with Gasteiger partial charge >= 0.3 is 0 Å². The van der Waals surface area contributed by atoms with Crippen molar-refractivity contribution in [2.24, 2.45) is 0 Å². The van der Waals surface area contributed by atoms with Gasteiger partial charge in [0.1, 0.15) is 4.83 Å². The van der Waals surface area contributed by atoms with Crippen molar-refractivity contribution >= 4 is 55.6 Å². The summed E-state index contributed by atoms with van der Waals surface area (Å²) in [6, 6.07) is 10.5. The third-order valence-electron chi connectivity index (χ3n) is 3.72. The summed E-state index contributed by atoms with van der Waals surface area (Å²) in [4.78, 5) is 10.6. The number of thiophene rings is 1. The van der Waals surface area contributed by atoms with Crippen LogP contribution in [0.4, 0.5) is 0 Å². The topological polar surface area (TPSA) is 28.7 Å². The SMILES string of the molecule is C=Cc1c(/C=C\C)sc2nc3c(cc12)[nH]c1ccccc13.CC.CC. The van der Waals surface area contributed by atoms with Crippen molar-refractivity contribution in [1.29, 1.82) is 0 Å². The van der Waals surface area contributed by atoms with Gasteiger partial charge in [0.05, 0.1) is 11.0 Å². The second-order valence-corrected chi connectivity index (χ2v) is 6.02. The standard InChI is InChI=1S/C18H14N2S.2C2H6/c1-3-7-16-11(4-2)13-10-15-17(20-18(13)21-16)12-8-5-6-9-14(12)19-15;2*1-2/h3-10,19H,2H2,1H3;2*1-2H3/b7-3-;;. The highest BCUT2D eigenvalue weighted by atomic mass is 32.1.